The number of aromatic nitrogens is 1. The molecule has 0 radical (unpaired) electrons. The minimum absolute atomic E-state index is 0. The molecular formula is C14H24ClN5OS. The van der Waals surface area contributed by atoms with Gasteiger partial charge in [-0.25, -0.2) is 9.78 Å². The lowest BCUT2D eigenvalue weighted by atomic mass is 10.2. The van der Waals surface area contributed by atoms with Crippen LogP contribution in [-0.4, -0.2) is 64.5 Å². The van der Waals surface area contributed by atoms with Gasteiger partial charge < -0.3 is 15.5 Å². The van der Waals surface area contributed by atoms with Crippen molar-refractivity contribution in [1.29, 1.82) is 0 Å². The van der Waals surface area contributed by atoms with Crippen molar-refractivity contribution in [3.05, 3.63) is 11.1 Å². The standard InChI is InChI=1S/C14H23N5OS.ClH/c1-10(2)6-18-8-11-7-17(3-4-19(11)14(18)20)9-12-5-16-13(15)21-12;/h5,10-11H,3-4,6-9H2,1-2H3,(H2,15,16);1H. The first-order chi connectivity index (χ1) is 10.0. The molecule has 2 N–H and O–H groups in total. The average molecular weight is 346 g/mol. The minimum atomic E-state index is 0. The molecule has 3 heterocycles. The molecular weight excluding hydrogens is 322 g/mol. The SMILES string of the molecule is CC(C)CN1CC2CN(Cc3cnc(N)s3)CCN2C1=O.Cl. The minimum Gasteiger partial charge on any atom is -0.375 e. The molecule has 1 atom stereocenters. The number of fused-ring (bicyclic) bond motifs is 1. The molecule has 1 aromatic rings. The monoisotopic (exact) mass is 345 g/mol. The molecule has 124 valence electrons. The summed E-state index contributed by atoms with van der Waals surface area (Å²) in [6.07, 6.45) is 1.86. The van der Waals surface area contributed by atoms with Crippen LogP contribution in [0, 0.1) is 5.92 Å². The van der Waals surface area contributed by atoms with E-state index in [4.69, 9.17) is 5.73 Å². The van der Waals surface area contributed by atoms with Gasteiger partial charge in [0.15, 0.2) is 5.13 Å². The van der Waals surface area contributed by atoms with Crippen LogP contribution in [0.1, 0.15) is 18.7 Å². The molecule has 2 aliphatic rings. The molecule has 2 fully saturated rings. The zero-order valence-electron chi connectivity index (χ0n) is 13.1. The second kappa shape index (κ2) is 7.02. The first-order valence-corrected chi connectivity index (χ1v) is 8.32. The van der Waals surface area contributed by atoms with Crippen LogP contribution in [0.5, 0.6) is 0 Å². The summed E-state index contributed by atoms with van der Waals surface area (Å²) >= 11 is 1.55. The van der Waals surface area contributed by atoms with E-state index in [1.807, 2.05) is 16.0 Å². The van der Waals surface area contributed by atoms with Crippen molar-refractivity contribution >= 4 is 34.9 Å². The van der Waals surface area contributed by atoms with Crippen LogP contribution < -0.4 is 5.73 Å². The van der Waals surface area contributed by atoms with E-state index in [0.717, 1.165) is 39.3 Å². The summed E-state index contributed by atoms with van der Waals surface area (Å²) in [5.74, 6) is 0.520. The van der Waals surface area contributed by atoms with Gasteiger partial charge in [-0.3, -0.25) is 4.90 Å². The number of hydrogen-bond donors (Lipinski definition) is 1. The fourth-order valence-corrected chi connectivity index (χ4v) is 3.92. The Kier molecular flexibility index (Phi) is 5.52. The molecule has 2 aliphatic heterocycles. The highest BCUT2D eigenvalue weighted by Gasteiger charge is 2.40. The number of carbonyl (C=O) groups is 1. The zero-order valence-corrected chi connectivity index (χ0v) is 14.7. The number of halogens is 1. The molecule has 3 rings (SSSR count). The molecule has 22 heavy (non-hydrogen) atoms. The third-order valence-electron chi connectivity index (χ3n) is 4.05. The number of piperazine rings is 1. The van der Waals surface area contributed by atoms with E-state index < -0.39 is 0 Å². The lowest BCUT2D eigenvalue weighted by molar-refractivity contribution is 0.117. The second-order valence-electron chi connectivity index (χ2n) is 6.33. The van der Waals surface area contributed by atoms with Crippen LogP contribution in [0.25, 0.3) is 0 Å². The van der Waals surface area contributed by atoms with E-state index in [9.17, 15) is 4.79 Å². The Morgan fingerprint density at radius 2 is 2.18 bits per heavy atom. The maximum Gasteiger partial charge on any atom is 0.320 e. The van der Waals surface area contributed by atoms with Gasteiger partial charge in [0.05, 0.1) is 6.04 Å². The number of nitrogens with two attached hydrogens (primary N) is 1. The summed E-state index contributed by atoms with van der Waals surface area (Å²) in [5, 5.41) is 0.628. The van der Waals surface area contributed by atoms with E-state index in [2.05, 4.69) is 23.7 Å². The van der Waals surface area contributed by atoms with Crippen molar-refractivity contribution in [2.24, 2.45) is 5.92 Å². The van der Waals surface area contributed by atoms with Crippen LogP contribution >= 0.6 is 23.7 Å². The number of hydrogen-bond acceptors (Lipinski definition) is 5. The summed E-state index contributed by atoms with van der Waals surface area (Å²) in [7, 11) is 0. The highest BCUT2D eigenvalue weighted by Crippen LogP contribution is 2.24. The van der Waals surface area contributed by atoms with E-state index in [1.54, 1.807) is 11.3 Å². The Bertz CT molecular complexity index is 523. The van der Waals surface area contributed by atoms with Crippen LogP contribution in [0.3, 0.4) is 0 Å². The van der Waals surface area contributed by atoms with Crippen molar-refractivity contribution in [3.8, 4) is 0 Å². The lowest BCUT2D eigenvalue weighted by Crippen LogP contribution is -2.51. The Balaban J connectivity index is 0.00000176. The van der Waals surface area contributed by atoms with Gasteiger partial charge >= 0.3 is 6.03 Å². The molecule has 8 heteroatoms. The molecule has 1 unspecified atom stereocenters. The summed E-state index contributed by atoms with van der Waals surface area (Å²) in [5.41, 5.74) is 5.68. The first kappa shape index (κ1) is 17.3. The normalized spacial score (nSPS) is 22.1. The quantitative estimate of drug-likeness (QED) is 0.902. The Labute approximate surface area is 141 Å². The van der Waals surface area contributed by atoms with Gasteiger partial charge in [0.1, 0.15) is 0 Å². The molecule has 6 nitrogen and oxygen atoms in total. The highest BCUT2D eigenvalue weighted by molar-refractivity contribution is 7.15. The Morgan fingerprint density at radius 1 is 1.41 bits per heavy atom. The number of carbonyl (C=O) groups excluding carboxylic acids is 1. The number of nitrogen functional groups attached to an aromatic ring is 1. The number of anilines is 1. The molecule has 1 aromatic heterocycles. The van der Waals surface area contributed by atoms with Crippen LogP contribution in [0.4, 0.5) is 9.93 Å². The molecule has 0 aliphatic carbocycles. The summed E-state index contributed by atoms with van der Waals surface area (Å²) in [4.78, 5) is 24.1. The van der Waals surface area contributed by atoms with Gasteiger partial charge in [-0.1, -0.05) is 13.8 Å². The van der Waals surface area contributed by atoms with E-state index in [0.29, 0.717) is 17.1 Å². The van der Waals surface area contributed by atoms with Crippen LogP contribution in [0.2, 0.25) is 0 Å². The number of rotatable bonds is 4. The van der Waals surface area contributed by atoms with Gasteiger partial charge in [-0.05, 0) is 5.92 Å². The molecule has 2 amide bonds. The largest absolute Gasteiger partial charge is 0.375 e. The lowest BCUT2D eigenvalue weighted by Gasteiger charge is -2.36. The smallest absolute Gasteiger partial charge is 0.320 e. The maximum atomic E-state index is 12.4. The topological polar surface area (TPSA) is 65.7 Å². The fraction of sp³-hybridized carbons (Fsp3) is 0.714. The Hall–Kier alpha value is -1.05. The van der Waals surface area contributed by atoms with E-state index in [-0.39, 0.29) is 18.4 Å². The summed E-state index contributed by atoms with van der Waals surface area (Å²) in [6, 6.07) is 0.547. The van der Waals surface area contributed by atoms with Crippen molar-refractivity contribution in [1.82, 2.24) is 19.7 Å². The highest BCUT2D eigenvalue weighted by atomic mass is 35.5. The number of amides is 2. The number of nitrogens with zero attached hydrogens (tertiary/aromatic N) is 4. The van der Waals surface area contributed by atoms with Gasteiger partial charge in [-0.2, -0.15) is 0 Å². The summed E-state index contributed by atoms with van der Waals surface area (Å²) in [6.45, 7) is 9.61. The van der Waals surface area contributed by atoms with Crippen LogP contribution in [0.15, 0.2) is 6.20 Å². The van der Waals surface area contributed by atoms with Crippen molar-refractivity contribution in [2.45, 2.75) is 26.4 Å². The van der Waals surface area contributed by atoms with Gasteiger partial charge in [-0.15, -0.1) is 23.7 Å². The zero-order chi connectivity index (χ0) is 15.0. The number of thiazole rings is 1. The second-order valence-corrected chi connectivity index (χ2v) is 7.48. The maximum absolute atomic E-state index is 12.4. The molecule has 0 bridgehead atoms. The van der Waals surface area contributed by atoms with E-state index in [1.165, 1.54) is 4.88 Å². The van der Waals surface area contributed by atoms with E-state index >= 15 is 0 Å². The molecule has 0 saturated carbocycles. The van der Waals surface area contributed by atoms with Gasteiger partial charge in [0, 0.05) is 50.3 Å². The molecule has 0 aromatic carbocycles. The van der Waals surface area contributed by atoms with Crippen molar-refractivity contribution in [2.75, 3.05) is 38.5 Å². The third kappa shape index (κ3) is 3.64. The average Bonchev–Trinajstić information content (AvgIpc) is 2.94. The molecule has 2 saturated heterocycles. The number of urea groups is 1. The summed E-state index contributed by atoms with van der Waals surface area (Å²) < 4.78 is 0. The predicted molar refractivity (Wildman–Crippen MR) is 91.4 cm³/mol. The first-order valence-electron chi connectivity index (χ1n) is 7.51. The van der Waals surface area contributed by atoms with Gasteiger partial charge in [0.25, 0.3) is 0 Å². The van der Waals surface area contributed by atoms with Crippen molar-refractivity contribution < 1.29 is 4.79 Å². The molecule has 0 spiro atoms. The van der Waals surface area contributed by atoms with Crippen LogP contribution in [-0.2, 0) is 6.54 Å². The van der Waals surface area contributed by atoms with Gasteiger partial charge in [0.2, 0.25) is 0 Å². The third-order valence-corrected chi connectivity index (χ3v) is 4.86. The predicted octanol–water partition coefficient (Wildman–Crippen LogP) is 1.72. The fourth-order valence-electron chi connectivity index (χ4n) is 3.20. The van der Waals surface area contributed by atoms with Crippen molar-refractivity contribution in [3.63, 3.8) is 0 Å². The Morgan fingerprint density at radius 3 is 2.82 bits per heavy atom.